The van der Waals surface area contributed by atoms with Gasteiger partial charge in [0, 0.05) is 27.9 Å². The van der Waals surface area contributed by atoms with Crippen LogP contribution in [0.4, 0.5) is 0 Å². The van der Waals surface area contributed by atoms with Gasteiger partial charge in [-0.3, -0.25) is 4.79 Å². The van der Waals surface area contributed by atoms with Crippen LogP contribution >= 0.6 is 11.6 Å². The molecule has 0 radical (unpaired) electrons. The van der Waals surface area contributed by atoms with Crippen molar-refractivity contribution >= 4 is 23.1 Å². The normalized spacial score (nSPS) is 15.4. The van der Waals surface area contributed by atoms with E-state index in [9.17, 15) is 4.79 Å². The third kappa shape index (κ3) is 1.44. The van der Waals surface area contributed by atoms with E-state index < -0.39 is 0 Å². The molecule has 1 heterocycles. The van der Waals surface area contributed by atoms with Crippen LogP contribution in [0, 0.1) is 0 Å². The van der Waals surface area contributed by atoms with Crippen LogP contribution in [0.25, 0.3) is 5.57 Å². The monoisotopic (exact) mass is 205 g/mol. The topological polar surface area (TPSA) is 29.1 Å². The van der Waals surface area contributed by atoms with Gasteiger partial charge in [0.05, 0.1) is 0 Å². The molecule has 1 aromatic carbocycles. The van der Waals surface area contributed by atoms with Gasteiger partial charge in [-0.25, -0.2) is 0 Å². The van der Waals surface area contributed by atoms with Crippen molar-refractivity contribution in [3.8, 4) is 0 Å². The number of hydrogen-bond acceptors (Lipinski definition) is 1. The minimum absolute atomic E-state index is 0.148. The molecule has 0 unspecified atom stereocenters. The van der Waals surface area contributed by atoms with Crippen LogP contribution in [0.15, 0.2) is 42.6 Å². The van der Waals surface area contributed by atoms with Crippen molar-refractivity contribution < 1.29 is 4.79 Å². The Balaban J connectivity index is 2.51. The van der Waals surface area contributed by atoms with Crippen molar-refractivity contribution in [1.82, 2.24) is 5.32 Å². The first-order chi connectivity index (χ1) is 6.68. The summed E-state index contributed by atoms with van der Waals surface area (Å²) in [4.78, 5) is 11.1. The lowest BCUT2D eigenvalue weighted by atomic mass is 10.1. The van der Waals surface area contributed by atoms with Crippen LogP contribution in [0.3, 0.4) is 0 Å². The molecule has 14 heavy (non-hydrogen) atoms. The summed E-state index contributed by atoms with van der Waals surface area (Å²) in [7, 11) is 0. The fourth-order valence-corrected chi connectivity index (χ4v) is 1.63. The predicted molar refractivity (Wildman–Crippen MR) is 56.7 cm³/mol. The second-order valence-electron chi connectivity index (χ2n) is 3.01. The Morgan fingerprint density at radius 3 is 2.57 bits per heavy atom. The van der Waals surface area contributed by atoms with Crippen LogP contribution in [-0.2, 0) is 4.79 Å². The van der Waals surface area contributed by atoms with Gasteiger partial charge >= 0.3 is 0 Å². The number of rotatable bonds is 1. The molecule has 1 aromatic rings. The molecule has 0 saturated heterocycles. The molecule has 2 rings (SSSR count). The van der Waals surface area contributed by atoms with Gasteiger partial charge in [0.2, 0.25) is 5.91 Å². The lowest BCUT2D eigenvalue weighted by molar-refractivity contribution is -0.115. The Labute approximate surface area is 86.9 Å². The standard InChI is InChI=1S/C11H8ClNO/c1-7-9(6-11(14)13-7)8-4-2-3-5-10(8)12/h2-6H,1H2,(H,13,14). The number of halogens is 1. The van der Waals surface area contributed by atoms with Gasteiger partial charge in [-0.2, -0.15) is 0 Å². The Bertz CT molecular complexity index is 448. The number of nitrogens with one attached hydrogen (secondary N) is 1. The quantitative estimate of drug-likeness (QED) is 0.750. The van der Waals surface area contributed by atoms with E-state index >= 15 is 0 Å². The SMILES string of the molecule is C=C1NC(=O)C=C1c1ccccc1Cl. The van der Waals surface area contributed by atoms with Crippen LogP contribution in [0.1, 0.15) is 5.56 Å². The lowest BCUT2D eigenvalue weighted by Crippen LogP contribution is -2.12. The number of hydrogen-bond donors (Lipinski definition) is 1. The molecule has 1 N–H and O–H groups in total. The summed E-state index contributed by atoms with van der Waals surface area (Å²) in [6.45, 7) is 3.74. The third-order valence-electron chi connectivity index (χ3n) is 2.04. The van der Waals surface area contributed by atoms with Gasteiger partial charge < -0.3 is 5.32 Å². The highest BCUT2D eigenvalue weighted by molar-refractivity contribution is 6.33. The number of amides is 1. The lowest BCUT2D eigenvalue weighted by Gasteiger charge is -2.05. The maximum atomic E-state index is 11.1. The van der Waals surface area contributed by atoms with Crippen molar-refractivity contribution in [3.63, 3.8) is 0 Å². The highest BCUT2D eigenvalue weighted by atomic mass is 35.5. The molecular formula is C11H8ClNO. The largest absolute Gasteiger partial charge is 0.322 e. The molecule has 0 aromatic heterocycles. The summed E-state index contributed by atoms with van der Waals surface area (Å²) in [5.41, 5.74) is 2.20. The van der Waals surface area contributed by atoms with Crippen LogP contribution in [0.2, 0.25) is 5.02 Å². The first kappa shape index (κ1) is 9.03. The molecule has 1 aliphatic heterocycles. The van der Waals surface area contributed by atoms with Crippen LogP contribution in [0.5, 0.6) is 0 Å². The molecule has 0 fully saturated rings. The molecule has 70 valence electrons. The van der Waals surface area contributed by atoms with Gasteiger partial charge in [-0.15, -0.1) is 0 Å². The zero-order valence-corrected chi connectivity index (χ0v) is 8.14. The second kappa shape index (κ2) is 3.31. The van der Waals surface area contributed by atoms with Gasteiger partial charge in [-0.1, -0.05) is 36.4 Å². The van der Waals surface area contributed by atoms with Gasteiger partial charge in [0.15, 0.2) is 0 Å². The third-order valence-corrected chi connectivity index (χ3v) is 2.37. The van der Waals surface area contributed by atoms with Crippen molar-refractivity contribution in [2.45, 2.75) is 0 Å². The highest BCUT2D eigenvalue weighted by Gasteiger charge is 2.18. The summed E-state index contributed by atoms with van der Waals surface area (Å²) in [6, 6.07) is 7.37. The van der Waals surface area contributed by atoms with Crippen LogP contribution in [-0.4, -0.2) is 5.91 Å². The molecule has 1 amide bonds. The molecule has 2 nitrogen and oxygen atoms in total. The summed E-state index contributed by atoms with van der Waals surface area (Å²) in [6.07, 6.45) is 1.50. The first-order valence-electron chi connectivity index (χ1n) is 4.15. The summed E-state index contributed by atoms with van der Waals surface area (Å²) < 4.78 is 0. The molecular weight excluding hydrogens is 198 g/mol. The number of benzene rings is 1. The summed E-state index contributed by atoms with van der Waals surface area (Å²) in [5, 5.41) is 3.23. The fourth-order valence-electron chi connectivity index (χ4n) is 1.39. The molecule has 1 aliphatic rings. The zero-order valence-electron chi connectivity index (χ0n) is 7.38. The summed E-state index contributed by atoms with van der Waals surface area (Å²) >= 11 is 6.00. The van der Waals surface area contributed by atoms with E-state index in [0.29, 0.717) is 10.7 Å². The van der Waals surface area contributed by atoms with E-state index in [2.05, 4.69) is 11.9 Å². The first-order valence-corrected chi connectivity index (χ1v) is 4.53. The van der Waals surface area contributed by atoms with Crippen molar-refractivity contribution in [2.75, 3.05) is 0 Å². The molecule has 3 heteroatoms. The Hall–Kier alpha value is -1.54. The minimum atomic E-state index is -0.148. The van der Waals surface area contributed by atoms with E-state index in [1.165, 1.54) is 6.08 Å². The fraction of sp³-hybridized carbons (Fsp3) is 0. The van der Waals surface area contributed by atoms with Gasteiger partial charge in [-0.05, 0) is 6.07 Å². The van der Waals surface area contributed by atoms with Gasteiger partial charge in [0.1, 0.15) is 0 Å². The molecule has 0 atom stereocenters. The maximum Gasteiger partial charge on any atom is 0.249 e. The Morgan fingerprint density at radius 1 is 1.29 bits per heavy atom. The van der Waals surface area contributed by atoms with E-state index in [1.54, 1.807) is 6.07 Å². The predicted octanol–water partition coefficient (Wildman–Crippen LogP) is 2.37. The van der Waals surface area contributed by atoms with E-state index in [-0.39, 0.29) is 5.91 Å². The van der Waals surface area contributed by atoms with Crippen LogP contribution < -0.4 is 5.32 Å². The minimum Gasteiger partial charge on any atom is -0.322 e. The number of allylic oxidation sites excluding steroid dienone is 1. The maximum absolute atomic E-state index is 11.1. The molecule has 0 bridgehead atoms. The van der Waals surface area contributed by atoms with Crippen molar-refractivity contribution in [1.29, 1.82) is 0 Å². The average molecular weight is 206 g/mol. The van der Waals surface area contributed by atoms with Crippen molar-refractivity contribution in [2.24, 2.45) is 0 Å². The zero-order chi connectivity index (χ0) is 10.1. The second-order valence-corrected chi connectivity index (χ2v) is 3.41. The van der Waals surface area contributed by atoms with E-state index in [1.807, 2.05) is 18.2 Å². The summed E-state index contributed by atoms with van der Waals surface area (Å²) in [5.74, 6) is -0.148. The average Bonchev–Trinajstić information content (AvgIpc) is 2.46. The van der Waals surface area contributed by atoms with Crippen molar-refractivity contribution in [3.05, 3.63) is 53.2 Å². The Kier molecular flexibility index (Phi) is 2.14. The Morgan fingerprint density at radius 2 is 2.00 bits per heavy atom. The number of carbonyl (C=O) groups excluding carboxylic acids is 1. The molecule has 0 saturated carbocycles. The highest BCUT2D eigenvalue weighted by Crippen LogP contribution is 2.29. The number of carbonyl (C=O) groups is 1. The van der Waals surface area contributed by atoms with Gasteiger partial charge in [0.25, 0.3) is 0 Å². The smallest absolute Gasteiger partial charge is 0.249 e. The van der Waals surface area contributed by atoms with E-state index in [4.69, 9.17) is 11.6 Å². The molecule has 0 spiro atoms. The van der Waals surface area contributed by atoms with E-state index in [0.717, 1.165) is 11.1 Å². The molecule has 0 aliphatic carbocycles.